The highest BCUT2D eigenvalue weighted by atomic mass is 16.5. The van der Waals surface area contributed by atoms with Crippen LogP contribution in [0.25, 0.3) is 10.9 Å². The Morgan fingerprint density at radius 2 is 1.96 bits per heavy atom. The molecule has 0 bridgehead atoms. The summed E-state index contributed by atoms with van der Waals surface area (Å²) >= 11 is 0. The Hall–Kier alpha value is -2.99. The van der Waals surface area contributed by atoms with Crippen molar-refractivity contribution in [1.29, 1.82) is 0 Å². The predicted octanol–water partition coefficient (Wildman–Crippen LogP) is 4.20. The van der Waals surface area contributed by atoms with Gasteiger partial charge in [0.25, 0.3) is 0 Å². The summed E-state index contributed by atoms with van der Waals surface area (Å²) in [5, 5.41) is 4.42. The maximum Gasteiger partial charge on any atom is 0.151 e. The van der Waals surface area contributed by atoms with E-state index in [0.29, 0.717) is 17.5 Å². The molecule has 1 heterocycles. The molecule has 3 rings (SSSR count). The zero-order chi connectivity index (χ0) is 20.4. The van der Waals surface area contributed by atoms with Crippen molar-refractivity contribution < 1.29 is 4.74 Å². The van der Waals surface area contributed by atoms with Crippen LogP contribution in [0.4, 0.5) is 11.4 Å². The molecule has 0 unspecified atom stereocenters. The van der Waals surface area contributed by atoms with Crippen LogP contribution in [0.3, 0.4) is 0 Å². The number of methoxy groups -OCH3 is 1. The Bertz CT molecular complexity index is 1030. The molecule has 0 amide bonds. The van der Waals surface area contributed by atoms with Crippen LogP contribution in [-0.2, 0) is 7.05 Å². The van der Waals surface area contributed by atoms with E-state index >= 15 is 0 Å². The minimum absolute atomic E-state index is 0.342. The summed E-state index contributed by atoms with van der Waals surface area (Å²) in [6, 6.07) is 10.2. The normalized spacial score (nSPS) is 11.9. The summed E-state index contributed by atoms with van der Waals surface area (Å²) in [7, 11) is 5.61. The van der Waals surface area contributed by atoms with Crippen molar-refractivity contribution in [2.75, 3.05) is 19.5 Å². The smallest absolute Gasteiger partial charge is 0.151 e. The molecule has 1 aromatic heterocycles. The Labute approximate surface area is 166 Å². The largest absolute Gasteiger partial charge is 0.496 e. The van der Waals surface area contributed by atoms with Crippen LogP contribution in [-0.4, -0.2) is 24.6 Å². The van der Waals surface area contributed by atoms with E-state index in [9.17, 15) is 0 Å². The number of hydrogen-bond donors (Lipinski definition) is 3. The monoisotopic (exact) mass is 379 g/mol. The number of nitrogens with one attached hydrogen (secondary N) is 2. The molecule has 0 saturated heterocycles. The van der Waals surface area contributed by atoms with Crippen LogP contribution >= 0.6 is 0 Å². The summed E-state index contributed by atoms with van der Waals surface area (Å²) < 4.78 is 7.74. The number of nitrogens with two attached hydrogens (primary N) is 1. The third kappa shape index (κ3) is 3.55. The number of hydrazine groups is 1. The van der Waals surface area contributed by atoms with Crippen molar-refractivity contribution in [2.24, 2.45) is 17.9 Å². The minimum atomic E-state index is 0.342. The van der Waals surface area contributed by atoms with Crippen molar-refractivity contribution >= 4 is 28.1 Å². The van der Waals surface area contributed by atoms with Gasteiger partial charge < -0.3 is 20.0 Å². The molecule has 0 atom stereocenters. The number of rotatable bonds is 5. The van der Waals surface area contributed by atoms with Gasteiger partial charge in [-0.15, -0.1) is 0 Å². The molecule has 0 saturated carbocycles. The summed E-state index contributed by atoms with van der Waals surface area (Å²) in [5.74, 6) is 7.48. The van der Waals surface area contributed by atoms with E-state index in [1.54, 1.807) is 7.11 Å². The molecular weight excluding hydrogens is 350 g/mol. The number of nitrogens with zero attached hydrogens (tertiary/aromatic N) is 2. The van der Waals surface area contributed by atoms with Crippen LogP contribution in [0.15, 0.2) is 41.5 Å². The van der Waals surface area contributed by atoms with E-state index < -0.39 is 0 Å². The van der Waals surface area contributed by atoms with Gasteiger partial charge in [0.15, 0.2) is 5.84 Å². The molecule has 148 valence electrons. The summed E-state index contributed by atoms with van der Waals surface area (Å²) in [4.78, 5) is 4.78. The van der Waals surface area contributed by atoms with Gasteiger partial charge in [-0.3, -0.25) is 0 Å². The maximum absolute atomic E-state index is 5.86. The molecule has 0 aliphatic rings. The van der Waals surface area contributed by atoms with Gasteiger partial charge in [-0.25, -0.2) is 10.8 Å². The fourth-order valence-electron chi connectivity index (χ4n) is 3.59. The molecule has 4 N–H and O–H groups in total. The Kier molecular flexibility index (Phi) is 5.61. The first-order valence-corrected chi connectivity index (χ1v) is 9.40. The fourth-order valence-corrected chi connectivity index (χ4v) is 3.59. The van der Waals surface area contributed by atoms with Gasteiger partial charge >= 0.3 is 0 Å². The summed E-state index contributed by atoms with van der Waals surface area (Å²) in [6.07, 6.45) is 2.12. The second-order valence-electron chi connectivity index (χ2n) is 7.27. The molecular formula is C22H29N5O. The van der Waals surface area contributed by atoms with Crippen LogP contribution in [0.1, 0.15) is 36.5 Å². The van der Waals surface area contributed by atoms with Crippen molar-refractivity contribution in [3.8, 4) is 5.75 Å². The quantitative estimate of drug-likeness (QED) is 0.269. The van der Waals surface area contributed by atoms with Crippen LogP contribution < -0.4 is 21.3 Å². The third-order valence-electron chi connectivity index (χ3n) is 5.07. The number of hydrogen-bond acceptors (Lipinski definition) is 4. The molecule has 3 aromatic rings. The number of aromatic nitrogens is 1. The zero-order valence-electron chi connectivity index (χ0n) is 17.4. The van der Waals surface area contributed by atoms with E-state index in [1.807, 2.05) is 26.2 Å². The highest BCUT2D eigenvalue weighted by Gasteiger charge is 2.16. The second-order valence-corrected chi connectivity index (χ2v) is 7.27. The lowest BCUT2D eigenvalue weighted by Gasteiger charge is -2.18. The molecule has 0 aliphatic carbocycles. The highest BCUT2D eigenvalue weighted by molar-refractivity contribution is 6.03. The van der Waals surface area contributed by atoms with Gasteiger partial charge in [0, 0.05) is 42.9 Å². The third-order valence-corrected chi connectivity index (χ3v) is 5.07. The van der Waals surface area contributed by atoms with E-state index in [-0.39, 0.29) is 0 Å². The van der Waals surface area contributed by atoms with Gasteiger partial charge in [-0.1, -0.05) is 13.8 Å². The van der Waals surface area contributed by atoms with E-state index in [0.717, 1.165) is 16.9 Å². The topological polar surface area (TPSA) is 76.6 Å². The lowest BCUT2D eigenvalue weighted by Crippen LogP contribution is -2.31. The standard InChI is InChI=1S/C22H29N5O/c1-13(2)16-10-18(21(28-6)11-19(16)24-4)22(26-23)25-15-7-8-20-17(9-15)14(3)12-27(20)5/h7-13,24H,23H2,1-6H3,(H,25,26). The molecule has 0 spiro atoms. The van der Waals surface area contributed by atoms with Crippen molar-refractivity contribution in [3.63, 3.8) is 0 Å². The first-order chi connectivity index (χ1) is 13.4. The Morgan fingerprint density at radius 3 is 2.57 bits per heavy atom. The average Bonchev–Trinajstić information content (AvgIpc) is 2.98. The van der Waals surface area contributed by atoms with Crippen LogP contribution in [0, 0.1) is 6.92 Å². The lowest BCUT2D eigenvalue weighted by atomic mass is 9.97. The Morgan fingerprint density at radius 1 is 1.21 bits per heavy atom. The molecule has 2 aromatic carbocycles. The first-order valence-electron chi connectivity index (χ1n) is 9.40. The number of benzene rings is 2. The number of amidine groups is 1. The van der Waals surface area contributed by atoms with Gasteiger partial charge in [0.1, 0.15) is 5.75 Å². The van der Waals surface area contributed by atoms with E-state index in [2.05, 4.69) is 60.5 Å². The van der Waals surface area contributed by atoms with Gasteiger partial charge in [-0.2, -0.15) is 0 Å². The molecule has 0 aliphatic heterocycles. The average molecular weight is 380 g/mol. The summed E-state index contributed by atoms with van der Waals surface area (Å²) in [6.45, 7) is 6.42. The zero-order valence-corrected chi connectivity index (χ0v) is 17.4. The van der Waals surface area contributed by atoms with Crippen molar-refractivity contribution in [2.45, 2.75) is 26.7 Å². The lowest BCUT2D eigenvalue weighted by molar-refractivity contribution is 0.413. The number of aliphatic imine (C=N–C) groups is 1. The van der Waals surface area contributed by atoms with Crippen LogP contribution in [0.2, 0.25) is 0 Å². The number of aryl methyl sites for hydroxylation is 2. The SMILES string of the molecule is CNc1cc(OC)c(C(=Nc2ccc3c(c2)c(C)cn3C)NN)cc1C(C)C. The maximum atomic E-state index is 5.86. The predicted molar refractivity (Wildman–Crippen MR) is 118 cm³/mol. The van der Waals surface area contributed by atoms with E-state index in [4.69, 9.17) is 15.6 Å². The van der Waals surface area contributed by atoms with Crippen LogP contribution in [0.5, 0.6) is 5.75 Å². The number of anilines is 1. The fraction of sp³-hybridized carbons (Fsp3) is 0.318. The molecule has 28 heavy (non-hydrogen) atoms. The number of ether oxygens (including phenoxy) is 1. The summed E-state index contributed by atoms with van der Waals surface area (Å²) in [5.41, 5.74) is 9.03. The second kappa shape index (κ2) is 7.94. The van der Waals surface area contributed by atoms with Gasteiger partial charge in [-0.05, 0) is 48.2 Å². The molecule has 0 fully saturated rings. The van der Waals surface area contributed by atoms with Gasteiger partial charge in [0.2, 0.25) is 0 Å². The minimum Gasteiger partial charge on any atom is -0.496 e. The van der Waals surface area contributed by atoms with Gasteiger partial charge in [0.05, 0.1) is 18.4 Å². The van der Waals surface area contributed by atoms with Crippen molar-refractivity contribution in [3.05, 3.63) is 53.2 Å². The van der Waals surface area contributed by atoms with E-state index in [1.165, 1.54) is 22.0 Å². The molecule has 6 heteroatoms. The molecule has 0 radical (unpaired) electrons. The van der Waals surface area contributed by atoms with Crippen molar-refractivity contribution in [1.82, 2.24) is 9.99 Å². The Balaban J connectivity index is 2.15. The number of fused-ring (bicyclic) bond motifs is 1. The molecule has 6 nitrogen and oxygen atoms in total. The first kappa shape index (κ1) is 19.8. The highest BCUT2D eigenvalue weighted by Crippen LogP contribution is 2.33.